The van der Waals surface area contributed by atoms with Crippen LogP contribution in [0.5, 0.6) is 0 Å². The van der Waals surface area contributed by atoms with Crippen molar-refractivity contribution in [1.29, 1.82) is 0 Å². The van der Waals surface area contributed by atoms with E-state index in [2.05, 4.69) is 38.8 Å². The molecule has 1 aliphatic carbocycles. The van der Waals surface area contributed by atoms with Crippen LogP contribution in [0.3, 0.4) is 0 Å². The van der Waals surface area contributed by atoms with E-state index in [1.807, 2.05) is 0 Å². The van der Waals surface area contributed by atoms with Gasteiger partial charge in [-0.2, -0.15) is 11.8 Å². The van der Waals surface area contributed by atoms with E-state index >= 15 is 0 Å². The molecular formula is C14H28S. The third kappa shape index (κ3) is 2.93. The molecular weight excluding hydrogens is 200 g/mol. The largest absolute Gasteiger partial charge is 0.161 e. The Labute approximate surface area is 101 Å². The van der Waals surface area contributed by atoms with Crippen molar-refractivity contribution < 1.29 is 0 Å². The van der Waals surface area contributed by atoms with E-state index in [9.17, 15) is 0 Å². The maximum absolute atomic E-state index is 2.45. The molecule has 0 nitrogen and oxygen atoms in total. The van der Waals surface area contributed by atoms with Gasteiger partial charge in [0.2, 0.25) is 0 Å². The lowest BCUT2D eigenvalue weighted by Crippen LogP contribution is -2.40. The number of hydrogen-bond acceptors (Lipinski definition) is 1. The molecule has 0 aromatic carbocycles. The van der Waals surface area contributed by atoms with Gasteiger partial charge in [0.05, 0.1) is 0 Å². The van der Waals surface area contributed by atoms with Gasteiger partial charge >= 0.3 is 0 Å². The zero-order chi connectivity index (χ0) is 11.3. The summed E-state index contributed by atoms with van der Waals surface area (Å²) in [7, 11) is 0. The van der Waals surface area contributed by atoms with Crippen LogP contribution in [0.4, 0.5) is 0 Å². The van der Waals surface area contributed by atoms with Crippen LogP contribution < -0.4 is 0 Å². The molecule has 0 aromatic heterocycles. The van der Waals surface area contributed by atoms with Crippen LogP contribution in [0.1, 0.15) is 65.7 Å². The van der Waals surface area contributed by atoms with E-state index in [0.717, 1.165) is 11.2 Å². The Morgan fingerprint density at radius 2 is 2.07 bits per heavy atom. The lowest BCUT2D eigenvalue weighted by Gasteiger charge is -2.47. The highest BCUT2D eigenvalue weighted by Crippen LogP contribution is 2.50. The standard InChI is InChI=1S/C14H28S/c1-5-6-10-14(12(2)3)11-8-7-9-13(14)15-4/h12-13H,5-11H2,1-4H3. The Morgan fingerprint density at radius 1 is 1.33 bits per heavy atom. The molecule has 15 heavy (non-hydrogen) atoms. The van der Waals surface area contributed by atoms with E-state index in [-0.39, 0.29) is 0 Å². The summed E-state index contributed by atoms with van der Waals surface area (Å²) in [6.07, 6.45) is 12.4. The van der Waals surface area contributed by atoms with Crippen LogP contribution in [0.15, 0.2) is 0 Å². The lowest BCUT2D eigenvalue weighted by atomic mass is 9.64. The third-order valence-corrected chi connectivity index (χ3v) is 5.70. The summed E-state index contributed by atoms with van der Waals surface area (Å²) in [6.45, 7) is 7.22. The molecule has 0 saturated heterocycles. The Bertz CT molecular complexity index is 176. The Balaban J connectivity index is 2.74. The van der Waals surface area contributed by atoms with Gasteiger partial charge in [-0.25, -0.2) is 0 Å². The van der Waals surface area contributed by atoms with Crippen LogP contribution in [-0.4, -0.2) is 11.5 Å². The predicted octanol–water partition coefficient (Wildman–Crippen LogP) is 5.12. The average molecular weight is 228 g/mol. The van der Waals surface area contributed by atoms with E-state index in [0.29, 0.717) is 5.41 Å². The van der Waals surface area contributed by atoms with Crippen molar-refractivity contribution in [2.75, 3.05) is 6.26 Å². The molecule has 1 fully saturated rings. The minimum atomic E-state index is 0.660. The number of unbranched alkanes of at least 4 members (excludes halogenated alkanes) is 1. The minimum absolute atomic E-state index is 0.660. The molecule has 0 heterocycles. The zero-order valence-electron chi connectivity index (χ0n) is 11.0. The van der Waals surface area contributed by atoms with Gasteiger partial charge < -0.3 is 0 Å². The molecule has 2 atom stereocenters. The molecule has 1 heteroatoms. The van der Waals surface area contributed by atoms with E-state index < -0.39 is 0 Å². The predicted molar refractivity (Wildman–Crippen MR) is 72.6 cm³/mol. The van der Waals surface area contributed by atoms with Crippen LogP contribution >= 0.6 is 11.8 Å². The molecule has 1 rings (SSSR count). The fourth-order valence-corrected chi connectivity index (χ4v) is 4.71. The molecule has 1 saturated carbocycles. The molecule has 2 unspecified atom stereocenters. The van der Waals surface area contributed by atoms with E-state index in [4.69, 9.17) is 0 Å². The minimum Gasteiger partial charge on any atom is -0.161 e. The van der Waals surface area contributed by atoms with Crippen molar-refractivity contribution in [3.05, 3.63) is 0 Å². The molecule has 0 bridgehead atoms. The molecule has 0 radical (unpaired) electrons. The van der Waals surface area contributed by atoms with Crippen molar-refractivity contribution in [2.24, 2.45) is 11.3 Å². The van der Waals surface area contributed by atoms with Crippen LogP contribution in [0.25, 0.3) is 0 Å². The van der Waals surface area contributed by atoms with Gasteiger partial charge in [-0.05, 0) is 36.9 Å². The summed E-state index contributed by atoms with van der Waals surface area (Å²) in [4.78, 5) is 0. The summed E-state index contributed by atoms with van der Waals surface area (Å²) in [5, 5.41) is 0.929. The fourth-order valence-electron chi connectivity index (χ4n) is 3.33. The van der Waals surface area contributed by atoms with E-state index in [1.165, 1.54) is 44.9 Å². The van der Waals surface area contributed by atoms with Gasteiger partial charge in [0.1, 0.15) is 0 Å². The Kier molecular flexibility index (Phi) is 5.52. The summed E-state index contributed by atoms with van der Waals surface area (Å²) in [6, 6.07) is 0. The van der Waals surface area contributed by atoms with Gasteiger partial charge in [-0.15, -0.1) is 0 Å². The van der Waals surface area contributed by atoms with Crippen molar-refractivity contribution in [1.82, 2.24) is 0 Å². The van der Waals surface area contributed by atoms with Crippen LogP contribution in [0.2, 0.25) is 0 Å². The SMILES string of the molecule is CCCCC1(C(C)C)CCCCC1SC. The second-order valence-electron chi connectivity index (χ2n) is 5.46. The topological polar surface area (TPSA) is 0 Å². The molecule has 90 valence electrons. The monoisotopic (exact) mass is 228 g/mol. The second kappa shape index (κ2) is 6.18. The van der Waals surface area contributed by atoms with Gasteiger partial charge in [0.15, 0.2) is 0 Å². The molecule has 0 N–H and O–H groups in total. The normalized spacial score (nSPS) is 32.2. The van der Waals surface area contributed by atoms with Crippen molar-refractivity contribution in [3.8, 4) is 0 Å². The van der Waals surface area contributed by atoms with Gasteiger partial charge in [-0.3, -0.25) is 0 Å². The molecule has 0 amide bonds. The maximum atomic E-state index is 2.45. The summed E-state index contributed by atoms with van der Waals surface area (Å²) in [5.74, 6) is 0.863. The van der Waals surface area contributed by atoms with Crippen LogP contribution in [0, 0.1) is 11.3 Å². The Morgan fingerprint density at radius 3 is 2.60 bits per heavy atom. The first-order valence-electron chi connectivity index (χ1n) is 6.70. The number of hydrogen-bond donors (Lipinski definition) is 0. The van der Waals surface area contributed by atoms with Crippen molar-refractivity contribution >= 4 is 11.8 Å². The third-order valence-electron chi connectivity index (χ3n) is 4.43. The number of thioether (sulfide) groups is 1. The molecule has 1 aliphatic rings. The summed E-state index contributed by atoms with van der Waals surface area (Å²) < 4.78 is 0. The van der Waals surface area contributed by atoms with Crippen molar-refractivity contribution in [2.45, 2.75) is 71.0 Å². The second-order valence-corrected chi connectivity index (χ2v) is 6.50. The molecule has 0 aliphatic heterocycles. The first kappa shape index (κ1) is 13.4. The van der Waals surface area contributed by atoms with Gasteiger partial charge in [0.25, 0.3) is 0 Å². The first-order chi connectivity index (χ1) is 7.17. The molecule has 0 spiro atoms. The highest BCUT2D eigenvalue weighted by molar-refractivity contribution is 7.99. The van der Waals surface area contributed by atoms with Crippen LogP contribution in [-0.2, 0) is 0 Å². The fraction of sp³-hybridized carbons (Fsp3) is 1.00. The Hall–Kier alpha value is 0.350. The summed E-state index contributed by atoms with van der Waals surface area (Å²) >= 11 is 2.13. The lowest BCUT2D eigenvalue weighted by molar-refractivity contribution is 0.111. The maximum Gasteiger partial charge on any atom is 0.0103 e. The molecule has 0 aromatic rings. The summed E-state index contributed by atoms with van der Waals surface area (Å²) in [5.41, 5.74) is 0.660. The van der Waals surface area contributed by atoms with E-state index in [1.54, 1.807) is 0 Å². The highest BCUT2D eigenvalue weighted by Gasteiger charge is 2.41. The smallest absolute Gasteiger partial charge is 0.0103 e. The van der Waals surface area contributed by atoms with Gasteiger partial charge in [-0.1, -0.05) is 46.5 Å². The number of rotatable bonds is 5. The quantitative estimate of drug-likeness (QED) is 0.629. The first-order valence-corrected chi connectivity index (χ1v) is 7.99. The highest BCUT2D eigenvalue weighted by atomic mass is 32.2. The zero-order valence-corrected chi connectivity index (χ0v) is 11.8. The average Bonchev–Trinajstić information content (AvgIpc) is 2.26. The van der Waals surface area contributed by atoms with Gasteiger partial charge in [0, 0.05) is 5.25 Å². The van der Waals surface area contributed by atoms with Crippen molar-refractivity contribution in [3.63, 3.8) is 0 Å².